The van der Waals surface area contributed by atoms with Crippen molar-refractivity contribution in [3.05, 3.63) is 24.1 Å². The summed E-state index contributed by atoms with van der Waals surface area (Å²) in [5.41, 5.74) is 0. The van der Waals surface area contributed by atoms with Crippen molar-refractivity contribution >= 4 is 5.82 Å². The largest absolute Gasteiger partial charge is 0.357 e. The van der Waals surface area contributed by atoms with Crippen LogP contribution in [-0.2, 0) is 0 Å². The number of aromatic nitrogens is 1. The van der Waals surface area contributed by atoms with E-state index in [4.69, 9.17) is 0 Å². The van der Waals surface area contributed by atoms with Crippen molar-refractivity contribution in [1.29, 1.82) is 0 Å². The zero-order chi connectivity index (χ0) is 11.5. The molecule has 0 atom stereocenters. The number of hydrogen-bond donors (Lipinski definition) is 0. The van der Waals surface area contributed by atoms with E-state index in [1.807, 2.05) is 13.1 Å². The van der Waals surface area contributed by atoms with Gasteiger partial charge in [0, 0.05) is 13.1 Å². The van der Waals surface area contributed by atoms with Gasteiger partial charge < -0.3 is 9.80 Å². The Hall–Kier alpha value is -1.16. The number of hydrogen-bond acceptors (Lipinski definition) is 3. The van der Waals surface area contributed by atoms with Crippen LogP contribution in [0.25, 0.3) is 0 Å². The van der Waals surface area contributed by atoms with E-state index in [1.54, 1.807) is 6.07 Å². The topological polar surface area (TPSA) is 19.4 Å². The van der Waals surface area contributed by atoms with Crippen molar-refractivity contribution in [3.8, 4) is 0 Å². The number of anilines is 1. The Morgan fingerprint density at radius 2 is 2.06 bits per heavy atom. The lowest BCUT2D eigenvalue weighted by Crippen LogP contribution is -2.42. The summed E-state index contributed by atoms with van der Waals surface area (Å²) in [4.78, 5) is 8.33. The molecule has 16 heavy (non-hydrogen) atoms. The van der Waals surface area contributed by atoms with E-state index < -0.39 is 5.95 Å². The number of pyridine rings is 1. The quantitative estimate of drug-likeness (QED) is 0.712. The van der Waals surface area contributed by atoms with Crippen LogP contribution in [-0.4, -0.2) is 43.1 Å². The molecule has 0 N–H and O–H groups in total. The van der Waals surface area contributed by atoms with Gasteiger partial charge in [-0.3, -0.25) is 0 Å². The molecule has 3 nitrogen and oxygen atoms in total. The molecule has 0 amide bonds. The summed E-state index contributed by atoms with van der Waals surface area (Å²) in [6.07, 6.45) is 2.23. The van der Waals surface area contributed by atoms with E-state index in [2.05, 4.69) is 21.8 Å². The average molecular weight is 223 g/mol. The minimum atomic E-state index is -0.405. The number of likely N-dealkylation sites (tertiary alicyclic amines) is 1. The lowest BCUT2D eigenvalue weighted by molar-refractivity contribution is 0.252. The fourth-order valence-corrected chi connectivity index (χ4v) is 2.16. The van der Waals surface area contributed by atoms with Crippen LogP contribution in [0.2, 0.25) is 0 Å². The molecule has 0 spiro atoms. The van der Waals surface area contributed by atoms with Gasteiger partial charge in [0.15, 0.2) is 0 Å². The third-order valence-corrected chi connectivity index (χ3v) is 3.30. The lowest BCUT2D eigenvalue weighted by atomic mass is 10.0. The summed E-state index contributed by atoms with van der Waals surface area (Å²) in [7, 11) is 4.13. The van der Waals surface area contributed by atoms with Crippen molar-refractivity contribution < 1.29 is 4.39 Å². The molecule has 2 heterocycles. The second kappa shape index (κ2) is 4.78. The van der Waals surface area contributed by atoms with Crippen LogP contribution in [0.15, 0.2) is 18.2 Å². The Bertz CT molecular complexity index is 348. The van der Waals surface area contributed by atoms with Crippen molar-refractivity contribution in [1.82, 2.24) is 9.88 Å². The molecule has 4 heteroatoms. The Morgan fingerprint density at radius 1 is 1.38 bits per heavy atom. The number of halogens is 1. The summed E-state index contributed by atoms with van der Waals surface area (Å²) in [5, 5.41) is 0. The minimum absolute atomic E-state index is 0.405. The van der Waals surface area contributed by atoms with Gasteiger partial charge in [0.2, 0.25) is 5.95 Å². The van der Waals surface area contributed by atoms with Gasteiger partial charge in [0.05, 0.1) is 0 Å². The van der Waals surface area contributed by atoms with Gasteiger partial charge >= 0.3 is 0 Å². The summed E-state index contributed by atoms with van der Waals surface area (Å²) in [5.74, 6) is 0.326. The van der Waals surface area contributed by atoms with Crippen molar-refractivity contribution in [2.24, 2.45) is 0 Å². The third kappa shape index (κ3) is 2.50. The standard InChI is InChI=1S/C12H18FN3/c1-15-8-6-10(7-9-15)16(2)12-5-3-4-11(13)14-12/h3-5,10H,6-9H2,1-2H3. The molecule has 1 aromatic rings. The molecule has 1 saturated heterocycles. The van der Waals surface area contributed by atoms with E-state index in [0.29, 0.717) is 6.04 Å². The third-order valence-electron chi connectivity index (χ3n) is 3.30. The second-order valence-electron chi connectivity index (χ2n) is 4.46. The molecule has 1 aromatic heterocycles. The smallest absolute Gasteiger partial charge is 0.214 e. The van der Waals surface area contributed by atoms with Gasteiger partial charge in [0.25, 0.3) is 0 Å². The Balaban J connectivity index is 2.04. The molecule has 0 aliphatic carbocycles. The molecule has 0 bridgehead atoms. The fourth-order valence-electron chi connectivity index (χ4n) is 2.16. The number of rotatable bonds is 2. The van der Waals surface area contributed by atoms with Gasteiger partial charge in [-0.25, -0.2) is 4.98 Å². The van der Waals surface area contributed by atoms with Gasteiger partial charge in [-0.15, -0.1) is 0 Å². The highest BCUT2D eigenvalue weighted by Crippen LogP contribution is 2.19. The Kier molecular flexibility index (Phi) is 3.39. The number of piperidine rings is 1. The summed E-state index contributed by atoms with van der Waals surface area (Å²) in [6, 6.07) is 5.43. The van der Waals surface area contributed by atoms with Crippen LogP contribution in [0.4, 0.5) is 10.2 Å². The second-order valence-corrected chi connectivity index (χ2v) is 4.46. The maximum Gasteiger partial charge on any atom is 0.214 e. The molecule has 2 rings (SSSR count). The molecular formula is C12H18FN3. The zero-order valence-electron chi connectivity index (χ0n) is 9.86. The van der Waals surface area contributed by atoms with Crippen LogP contribution in [0.5, 0.6) is 0 Å². The van der Waals surface area contributed by atoms with E-state index in [9.17, 15) is 4.39 Å². The van der Waals surface area contributed by atoms with Crippen LogP contribution >= 0.6 is 0 Å². The molecule has 0 saturated carbocycles. The van der Waals surface area contributed by atoms with E-state index in [1.165, 1.54) is 6.07 Å². The van der Waals surface area contributed by atoms with Crippen molar-refractivity contribution in [3.63, 3.8) is 0 Å². The van der Waals surface area contributed by atoms with Gasteiger partial charge in [-0.1, -0.05) is 6.07 Å². The van der Waals surface area contributed by atoms with Gasteiger partial charge in [0.1, 0.15) is 5.82 Å². The summed E-state index contributed by atoms with van der Waals surface area (Å²) < 4.78 is 13.0. The number of nitrogens with zero attached hydrogens (tertiary/aromatic N) is 3. The molecule has 1 fully saturated rings. The SMILES string of the molecule is CN1CCC(N(C)c2cccc(F)n2)CC1. The molecule has 0 aromatic carbocycles. The first-order valence-electron chi connectivity index (χ1n) is 5.71. The summed E-state index contributed by atoms with van der Waals surface area (Å²) in [6.45, 7) is 2.20. The first-order valence-corrected chi connectivity index (χ1v) is 5.71. The normalized spacial score (nSPS) is 18.7. The van der Waals surface area contributed by atoms with Gasteiger partial charge in [-0.05, 0) is 45.1 Å². The minimum Gasteiger partial charge on any atom is -0.357 e. The van der Waals surface area contributed by atoms with Gasteiger partial charge in [-0.2, -0.15) is 4.39 Å². The molecule has 1 aliphatic heterocycles. The highest BCUT2D eigenvalue weighted by Gasteiger charge is 2.21. The van der Waals surface area contributed by atoms with Crippen LogP contribution in [0.3, 0.4) is 0 Å². The Labute approximate surface area is 95.9 Å². The van der Waals surface area contributed by atoms with E-state index in [-0.39, 0.29) is 0 Å². The van der Waals surface area contributed by atoms with Crippen LogP contribution < -0.4 is 4.90 Å². The highest BCUT2D eigenvalue weighted by atomic mass is 19.1. The van der Waals surface area contributed by atoms with Crippen LogP contribution in [0, 0.1) is 5.95 Å². The molecule has 88 valence electrons. The average Bonchev–Trinajstić information content (AvgIpc) is 2.29. The lowest BCUT2D eigenvalue weighted by Gasteiger charge is -2.35. The zero-order valence-corrected chi connectivity index (χ0v) is 9.86. The predicted molar refractivity (Wildman–Crippen MR) is 63.1 cm³/mol. The van der Waals surface area contributed by atoms with E-state index in [0.717, 1.165) is 31.7 Å². The Morgan fingerprint density at radius 3 is 2.69 bits per heavy atom. The maximum atomic E-state index is 13.0. The maximum absolute atomic E-state index is 13.0. The van der Waals surface area contributed by atoms with E-state index >= 15 is 0 Å². The molecular weight excluding hydrogens is 205 g/mol. The molecule has 0 radical (unpaired) electrons. The first kappa shape index (κ1) is 11.3. The van der Waals surface area contributed by atoms with Crippen molar-refractivity contribution in [2.45, 2.75) is 18.9 Å². The highest BCUT2D eigenvalue weighted by molar-refractivity contribution is 5.38. The first-order chi connectivity index (χ1) is 7.66. The summed E-state index contributed by atoms with van der Waals surface area (Å²) >= 11 is 0. The predicted octanol–water partition coefficient (Wildman–Crippen LogP) is 1.75. The molecule has 1 aliphatic rings. The van der Waals surface area contributed by atoms with Crippen molar-refractivity contribution in [2.75, 3.05) is 32.1 Å². The fraction of sp³-hybridized carbons (Fsp3) is 0.583. The monoisotopic (exact) mass is 223 g/mol. The van der Waals surface area contributed by atoms with Crippen LogP contribution in [0.1, 0.15) is 12.8 Å². The molecule has 0 unspecified atom stereocenters.